The molecule has 0 aliphatic carbocycles. The number of rotatable bonds is 12. The van der Waals surface area contributed by atoms with Gasteiger partial charge in [-0.05, 0) is 60.1 Å². The molecule has 0 amide bonds. The van der Waals surface area contributed by atoms with Crippen LogP contribution in [0, 0.1) is 0 Å². The van der Waals surface area contributed by atoms with Crippen molar-refractivity contribution in [3.05, 3.63) is 0 Å². The van der Waals surface area contributed by atoms with Crippen molar-refractivity contribution in [3.8, 4) is 0 Å². The molecule has 0 saturated carbocycles. The van der Waals surface area contributed by atoms with E-state index in [1.54, 1.807) is 0 Å². The van der Waals surface area contributed by atoms with E-state index in [1.165, 1.54) is 49.3 Å². The van der Waals surface area contributed by atoms with Crippen LogP contribution in [0.1, 0.15) is 69.2 Å². The first kappa shape index (κ1) is 34.5. The van der Waals surface area contributed by atoms with E-state index in [0.29, 0.717) is 31.7 Å². The van der Waals surface area contributed by atoms with E-state index in [9.17, 15) is 0 Å². The molecule has 0 radical (unpaired) electrons. The fraction of sp³-hybridized carbons (Fsp3) is 1.00. The zero-order valence-electron chi connectivity index (χ0n) is 19.7. The summed E-state index contributed by atoms with van der Waals surface area (Å²) in [6.45, 7) is 23.9. The summed E-state index contributed by atoms with van der Waals surface area (Å²) in [5, 5.41) is 2.11. The summed E-state index contributed by atoms with van der Waals surface area (Å²) in [6, 6.07) is 0. The van der Waals surface area contributed by atoms with Crippen molar-refractivity contribution < 1.29 is 15.1 Å². The fourth-order valence-corrected chi connectivity index (χ4v) is 17.1. The Bertz CT molecular complexity index is 223. The van der Waals surface area contributed by atoms with Crippen LogP contribution in [0.15, 0.2) is 0 Å². The van der Waals surface area contributed by atoms with Crippen LogP contribution in [0.4, 0.5) is 0 Å². The van der Waals surface area contributed by atoms with Crippen molar-refractivity contribution in [2.24, 2.45) is 0 Å². The molecule has 0 unspecified atom stereocenters. The molecule has 0 heterocycles. The van der Waals surface area contributed by atoms with Gasteiger partial charge in [0, 0.05) is 0 Å². The molecule has 0 bridgehead atoms. The maximum absolute atomic E-state index is 4.85. The van der Waals surface area contributed by atoms with Crippen LogP contribution in [0.2, 0.25) is 0 Å². The first-order valence-corrected chi connectivity index (χ1v) is 22.2. The van der Waals surface area contributed by atoms with E-state index < -0.39 is 0 Å². The number of hydrogen-bond donors (Lipinski definition) is 0. The molecule has 0 aliphatic heterocycles. The van der Waals surface area contributed by atoms with Crippen LogP contribution in [-0.4, -0.2) is 60.1 Å². The van der Waals surface area contributed by atoms with E-state index in [1.807, 2.05) is 0 Å². The van der Waals surface area contributed by atoms with E-state index >= 15 is 0 Å². The first-order chi connectivity index (χ1) is 12.8. The van der Waals surface area contributed by atoms with E-state index in [4.69, 9.17) is 19.4 Å². The van der Waals surface area contributed by atoms with Gasteiger partial charge in [0.1, 0.15) is 0 Å². The fourth-order valence-electron chi connectivity index (χ4n) is 3.47. The summed E-state index contributed by atoms with van der Waals surface area (Å²) in [5.41, 5.74) is 0. The molecule has 0 aromatic heterocycles. The average Bonchev–Trinajstić information content (AvgIpc) is 2.67. The van der Waals surface area contributed by atoms with Gasteiger partial charge in [-0.1, -0.05) is 101 Å². The molecular weight excluding hydrogens is 536 g/mol. The van der Waals surface area contributed by atoms with Gasteiger partial charge in [-0.15, -0.1) is 0 Å². The minimum atomic E-state index is -0.346. The van der Waals surface area contributed by atoms with Crippen molar-refractivity contribution in [2.45, 2.75) is 80.0 Å². The third-order valence-electron chi connectivity index (χ3n) is 5.36. The Kier molecular flexibility index (Phi) is 32.2. The Hall–Kier alpha value is 2.92. The van der Waals surface area contributed by atoms with Crippen LogP contribution in [0.25, 0.3) is 0 Å². The van der Waals surface area contributed by atoms with Crippen molar-refractivity contribution in [2.75, 3.05) is 49.3 Å². The predicted octanol–water partition coefficient (Wildman–Crippen LogP) is 10.1. The summed E-state index contributed by atoms with van der Waals surface area (Å²) in [4.78, 5) is 0. The van der Waals surface area contributed by atoms with Crippen molar-refractivity contribution in [1.29, 1.82) is 0 Å². The molecule has 0 saturated heterocycles. The molecule has 0 aromatic rings. The molecule has 0 rings (SSSR count). The molecule has 0 aliphatic rings. The van der Waals surface area contributed by atoms with Crippen LogP contribution in [0.3, 0.4) is 0 Å². The van der Waals surface area contributed by atoms with E-state index in [0.717, 1.165) is 10.8 Å². The maximum atomic E-state index is 4.85. The van der Waals surface area contributed by atoms with Crippen molar-refractivity contribution in [1.82, 2.24) is 0 Å². The zero-order chi connectivity index (χ0) is 21.8. The summed E-state index contributed by atoms with van der Waals surface area (Å²) in [6.07, 6.45) is 11.5. The molecule has 0 N–H and O–H groups in total. The van der Waals surface area contributed by atoms with Gasteiger partial charge in [-0.2, -0.15) is 0 Å². The summed E-state index contributed by atoms with van der Waals surface area (Å²) >= 11 is -0.346. The predicted molar refractivity (Wildman–Crippen MR) is 143 cm³/mol. The second-order valence-electron chi connectivity index (χ2n) is 6.20. The standard InChI is InChI=1S/2C10H24P2.2ClH.Ru/c2*1-6-11(7-2)10(5)12(8-3)9-4;;;/h2*10H,6-9H2,1-5H3;2*1H;/q;;;;+2/p-2. The van der Waals surface area contributed by atoms with Crippen molar-refractivity contribution in [3.63, 3.8) is 0 Å². The van der Waals surface area contributed by atoms with Gasteiger partial charge in [0.05, 0.1) is 0 Å². The molecule has 27 heavy (non-hydrogen) atoms. The second-order valence-corrected chi connectivity index (χ2v) is 22.5. The van der Waals surface area contributed by atoms with Crippen LogP contribution in [0.5, 0.6) is 0 Å². The first-order valence-electron chi connectivity index (χ1n) is 10.6. The average molecular weight is 584 g/mol. The van der Waals surface area contributed by atoms with Gasteiger partial charge in [0.2, 0.25) is 0 Å². The molecule has 0 nitrogen and oxygen atoms in total. The monoisotopic (exact) mass is 584 g/mol. The van der Waals surface area contributed by atoms with E-state index in [2.05, 4.69) is 69.2 Å². The Morgan fingerprint density at radius 3 is 0.667 bits per heavy atom. The van der Waals surface area contributed by atoms with E-state index in [-0.39, 0.29) is 15.1 Å². The molecular formula is C20H48Cl2P4Ru. The van der Waals surface area contributed by atoms with Gasteiger partial charge >= 0.3 is 34.5 Å². The summed E-state index contributed by atoms with van der Waals surface area (Å²) in [7, 11) is 11.1. The molecule has 0 atom stereocenters. The van der Waals surface area contributed by atoms with Crippen LogP contribution in [-0.2, 0) is 15.1 Å². The van der Waals surface area contributed by atoms with Gasteiger partial charge in [-0.3, -0.25) is 0 Å². The Morgan fingerprint density at radius 1 is 0.481 bits per heavy atom. The number of hydrogen-bond acceptors (Lipinski definition) is 0. The molecule has 0 aromatic carbocycles. The van der Waals surface area contributed by atoms with Gasteiger partial charge in [0.15, 0.2) is 0 Å². The third-order valence-corrected chi connectivity index (χ3v) is 20.0. The Balaban J connectivity index is -0.000000372. The number of halogens is 2. The Morgan fingerprint density at radius 2 is 0.593 bits per heavy atom. The zero-order valence-corrected chi connectivity index (χ0v) is 26.5. The molecule has 7 heteroatoms. The van der Waals surface area contributed by atoms with Crippen molar-refractivity contribution >= 4 is 51.1 Å². The van der Waals surface area contributed by atoms with Gasteiger partial charge in [-0.25, -0.2) is 0 Å². The normalized spacial score (nSPS) is 11.5. The minimum absolute atomic E-state index is 0.346. The summed E-state index contributed by atoms with van der Waals surface area (Å²) < 4.78 is 0. The quantitative estimate of drug-likeness (QED) is 0.158. The van der Waals surface area contributed by atoms with Crippen LogP contribution >= 0.6 is 51.1 Å². The SMILES string of the molecule is CCP(CC)C(C)P(CC)CC.CCP(CC)C(C)P(CC)CC.[Cl][Ru][Cl]. The third kappa shape index (κ3) is 17.2. The molecule has 170 valence electrons. The summed E-state index contributed by atoms with van der Waals surface area (Å²) in [5.74, 6) is 0. The van der Waals surface area contributed by atoms with Gasteiger partial charge < -0.3 is 0 Å². The molecule has 0 fully saturated rings. The second kappa shape index (κ2) is 25.2. The van der Waals surface area contributed by atoms with Gasteiger partial charge in [0.25, 0.3) is 0 Å². The topological polar surface area (TPSA) is 0 Å². The van der Waals surface area contributed by atoms with Crippen LogP contribution < -0.4 is 0 Å². The molecule has 0 spiro atoms. The Labute approximate surface area is 194 Å².